The maximum atomic E-state index is 13.6. The molecule has 150 valence electrons. The Morgan fingerprint density at radius 2 is 1.93 bits per heavy atom. The molecule has 2 atom stereocenters. The van der Waals surface area contributed by atoms with Gasteiger partial charge >= 0.3 is 0 Å². The lowest BCUT2D eigenvalue weighted by Crippen LogP contribution is -2.30. The topological polar surface area (TPSA) is 91.2 Å². The van der Waals surface area contributed by atoms with E-state index in [0.717, 1.165) is 23.4 Å². The summed E-state index contributed by atoms with van der Waals surface area (Å²) < 4.78 is 13.6. The normalized spacial score (nSPS) is 24.6. The highest BCUT2D eigenvalue weighted by Crippen LogP contribution is 2.28. The summed E-state index contributed by atoms with van der Waals surface area (Å²) in [6.07, 6.45) is 5.34. The Balaban J connectivity index is 1.48. The SMILES string of the molecule is CC1(O)CCN(c2ncc(-c3ncnc4ccc(N5CCC(F)C5)nc34)cn2)C1. The number of hydrogen-bond donors (Lipinski definition) is 1. The maximum absolute atomic E-state index is 13.6. The van der Waals surface area contributed by atoms with Crippen LogP contribution in [0.5, 0.6) is 0 Å². The van der Waals surface area contributed by atoms with Gasteiger partial charge in [0, 0.05) is 37.6 Å². The van der Waals surface area contributed by atoms with Crippen LogP contribution < -0.4 is 9.80 Å². The number of halogens is 1. The number of fused-ring (bicyclic) bond motifs is 1. The molecule has 0 saturated carbocycles. The second kappa shape index (κ2) is 6.84. The van der Waals surface area contributed by atoms with Crippen LogP contribution in [0.4, 0.5) is 16.2 Å². The van der Waals surface area contributed by atoms with Gasteiger partial charge in [-0.15, -0.1) is 0 Å². The molecule has 3 aromatic heterocycles. The average molecular weight is 395 g/mol. The van der Waals surface area contributed by atoms with E-state index in [2.05, 4.69) is 19.9 Å². The first-order chi connectivity index (χ1) is 14.0. The van der Waals surface area contributed by atoms with E-state index in [1.165, 1.54) is 6.33 Å². The van der Waals surface area contributed by atoms with Crippen LogP contribution in [0.15, 0.2) is 30.9 Å². The summed E-state index contributed by atoms with van der Waals surface area (Å²) >= 11 is 0. The fourth-order valence-electron chi connectivity index (χ4n) is 3.97. The van der Waals surface area contributed by atoms with Crippen LogP contribution in [0.3, 0.4) is 0 Å². The van der Waals surface area contributed by atoms with Crippen molar-refractivity contribution in [3.05, 3.63) is 30.9 Å². The van der Waals surface area contributed by atoms with E-state index in [0.29, 0.717) is 49.6 Å². The van der Waals surface area contributed by atoms with Crippen LogP contribution in [0.2, 0.25) is 0 Å². The smallest absolute Gasteiger partial charge is 0.225 e. The Kier molecular flexibility index (Phi) is 4.27. The molecule has 5 rings (SSSR count). The van der Waals surface area contributed by atoms with E-state index in [4.69, 9.17) is 4.98 Å². The summed E-state index contributed by atoms with van der Waals surface area (Å²) in [6, 6.07) is 3.76. The maximum Gasteiger partial charge on any atom is 0.225 e. The van der Waals surface area contributed by atoms with E-state index in [1.54, 1.807) is 12.4 Å². The highest BCUT2D eigenvalue weighted by atomic mass is 19.1. The summed E-state index contributed by atoms with van der Waals surface area (Å²) in [5.41, 5.74) is 2.04. The summed E-state index contributed by atoms with van der Waals surface area (Å²) in [5.74, 6) is 1.31. The van der Waals surface area contributed by atoms with Crippen molar-refractivity contribution < 1.29 is 9.50 Å². The van der Waals surface area contributed by atoms with Crippen LogP contribution in [0.1, 0.15) is 19.8 Å². The fraction of sp³-hybridized carbons (Fsp3) is 0.450. The zero-order chi connectivity index (χ0) is 20.0. The molecule has 3 aromatic rings. The molecule has 0 bridgehead atoms. The van der Waals surface area contributed by atoms with E-state index in [-0.39, 0.29) is 0 Å². The lowest BCUT2D eigenvalue weighted by atomic mass is 10.1. The van der Waals surface area contributed by atoms with Crippen molar-refractivity contribution in [3.63, 3.8) is 0 Å². The molecule has 1 N–H and O–H groups in total. The Hall–Kier alpha value is -2.94. The van der Waals surface area contributed by atoms with Gasteiger partial charge in [-0.3, -0.25) is 0 Å². The van der Waals surface area contributed by atoms with Gasteiger partial charge in [-0.2, -0.15) is 0 Å². The molecule has 5 heterocycles. The van der Waals surface area contributed by atoms with E-state index >= 15 is 0 Å². The number of nitrogens with zero attached hydrogens (tertiary/aromatic N) is 7. The molecule has 8 nitrogen and oxygen atoms in total. The lowest BCUT2D eigenvalue weighted by molar-refractivity contribution is 0.0838. The van der Waals surface area contributed by atoms with Gasteiger partial charge < -0.3 is 14.9 Å². The number of aromatic nitrogens is 5. The van der Waals surface area contributed by atoms with Gasteiger partial charge in [-0.25, -0.2) is 29.3 Å². The first kappa shape index (κ1) is 18.1. The van der Waals surface area contributed by atoms with Crippen molar-refractivity contribution in [2.24, 2.45) is 0 Å². The van der Waals surface area contributed by atoms with Gasteiger partial charge in [0.1, 0.15) is 29.5 Å². The third-order valence-electron chi connectivity index (χ3n) is 5.57. The molecular weight excluding hydrogens is 373 g/mol. The van der Waals surface area contributed by atoms with Crippen LogP contribution in [0, 0.1) is 0 Å². The molecule has 0 radical (unpaired) electrons. The first-order valence-electron chi connectivity index (χ1n) is 9.79. The van der Waals surface area contributed by atoms with Gasteiger partial charge in [0.05, 0.1) is 17.7 Å². The van der Waals surface area contributed by atoms with Crippen LogP contribution in [-0.4, -0.2) is 68.0 Å². The quantitative estimate of drug-likeness (QED) is 0.720. The molecule has 2 saturated heterocycles. The monoisotopic (exact) mass is 395 g/mol. The second-order valence-corrected chi connectivity index (χ2v) is 8.03. The number of anilines is 2. The number of β-amino-alcohol motifs (C(OH)–C–C–N with tert-alkyl or cyclic N) is 1. The second-order valence-electron chi connectivity index (χ2n) is 8.03. The average Bonchev–Trinajstić information content (AvgIpc) is 3.32. The van der Waals surface area contributed by atoms with Crippen LogP contribution in [0.25, 0.3) is 22.3 Å². The molecule has 2 fully saturated rings. The first-order valence-corrected chi connectivity index (χ1v) is 9.79. The van der Waals surface area contributed by atoms with Crippen molar-refractivity contribution in [1.82, 2.24) is 24.9 Å². The summed E-state index contributed by atoms with van der Waals surface area (Å²) in [6.45, 7) is 4.07. The third-order valence-corrected chi connectivity index (χ3v) is 5.57. The predicted molar refractivity (Wildman–Crippen MR) is 108 cm³/mol. The van der Waals surface area contributed by atoms with Gasteiger partial charge in [0.25, 0.3) is 0 Å². The molecule has 0 aromatic carbocycles. The number of pyridine rings is 1. The standard InChI is InChI=1S/C20H22FN7O/c1-20(29)5-7-28(11-20)19-22-8-13(9-23-19)17-18-15(24-12-25-17)2-3-16(26-18)27-6-4-14(21)10-27/h2-3,8-9,12,14,29H,4-7,10-11H2,1H3. The number of rotatable bonds is 3. The lowest BCUT2D eigenvalue weighted by Gasteiger charge is -2.19. The minimum atomic E-state index is -0.814. The largest absolute Gasteiger partial charge is 0.388 e. The fourth-order valence-corrected chi connectivity index (χ4v) is 3.97. The molecular formula is C20H22FN7O. The van der Waals surface area contributed by atoms with Crippen molar-refractivity contribution in [2.75, 3.05) is 36.0 Å². The van der Waals surface area contributed by atoms with Gasteiger partial charge in [0.2, 0.25) is 5.95 Å². The van der Waals surface area contributed by atoms with E-state index in [9.17, 15) is 9.50 Å². The Bertz CT molecular complexity index is 1040. The Labute approximate surface area is 167 Å². The predicted octanol–water partition coefficient (Wildman–Crippen LogP) is 1.99. The number of hydrogen-bond acceptors (Lipinski definition) is 8. The van der Waals surface area contributed by atoms with Crippen molar-refractivity contribution in [1.29, 1.82) is 0 Å². The summed E-state index contributed by atoms with van der Waals surface area (Å²) in [7, 11) is 0. The molecule has 0 amide bonds. The Morgan fingerprint density at radius 3 is 2.62 bits per heavy atom. The molecule has 2 unspecified atom stereocenters. The minimum absolute atomic E-state index is 0.360. The summed E-state index contributed by atoms with van der Waals surface area (Å²) in [4.78, 5) is 26.3. The van der Waals surface area contributed by atoms with Gasteiger partial charge in [0.15, 0.2) is 0 Å². The highest BCUT2D eigenvalue weighted by Gasteiger charge is 2.32. The van der Waals surface area contributed by atoms with Crippen molar-refractivity contribution in [3.8, 4) is 11.3 Å². The van der Waals surface area contributed by atoms with E-state index < -0.39 is 11.8 Å². The molecule has 0 aliphatic carbocycles. The number of aliphatic hydroxyl groups is 1. The van der Waals surface area contributed by atoms with Gasteiger partial charge in [-0.1, -0.05) is 0 Å². The van der Waals surface area contributed by atoms with Crippen molar-refractivity contribution >= 4 is 22.8 Å². The van der Waals surface area contributed by atoms with Crippen molar-refractivity contribution in [2.45, 2.75) is 31.5 Å². The van der Waals surface area contributed by atoms with Crippen LogP contribution >= 0.6 is 0 Å². The molecule has 2 aliphatic rings. The molecule has 0 spiro atoms. The number of alkyl halides is 1. The van der Waals surface area contributed by atoms with E-state index in [1.807, 2.05) is 28.9 Å². The zero-order valence-electron chi connectivity index (χ0n) is 16.2. The highest BCUT2D eigenvalue weighted by molar-refractivity contribution is 5.89. The molecule has 9 heteroatoms. The molecule has 29 heavy (non-hydrogen) atoms. The minimum Gasteiger partial charge on any atom is -0.388 e. The third kappa shape index (κ3) is 3.46. The molecule has 2 aliphatic heterocycles. The van der Waals surface area contributed by atoms with Gasteiger partial charge in [-0.05, 0) is 31.9 Å². The summed E-state index contributed by atoms with van der Waals surface area (Å²) in [5, 5.41) is 10.2. The van der Waals surface area contributed by atoms with Crippen LogP contribution in [-0.2, 0) is 0 Å². The Morgan fingerprint density at radius 1 is 1.10 bits per heavy atom. The zero-order valence-corrected chi connectivity index (χ0v) is 16.2.